The van der Waals surface area contributed by atoms with Crippen LogP contribution in [-0.2, 0) is 6.18 Å². The monoisotopic (exact) mass is 280 g/mol. The molecule has 0 saturated heterocycles. The van der Waals surface area contributed by atoms with Crippen LogP contribution >= 0.6 is 11.6 Å². The fourth-order valence-electron chi connectivity index (χ4n) is 1.24. The van der Waals surface area contributed by atoms with Crippen LogP contribution in [0.1, 0.15) is 18.9 Å². The largest absolute Gasteiger partial charge is 0.416 e. The number of hydrogen-bond acceptors (Lipinski definition) is 1. The van der Waals surface area contributed by atoms with Gasteiger partial charge in [0.15, 0.2) is 0 Å². The molecule has 0 atom stereocenters. The van der Waals surface area contributed by atoms with Crippen molar-refractivity contribution < 1.29 is 18.0 Å². The van der Waals surface area contributed by atoms with Gasteiger partial charge in [0, 0.05) is 17.3 Å². The number of halogens is 4. The molecule has 0 radical (unpaired) electrons. The molecule has 1 aromatic rings. The Balaban J connectivity index is 2.84. The first-order valence-corrected chi connectivity index (χ1v) is 5.63. The lowest BCUT2D eigenvalue weighted by atomic mass is 10.2. The average molecular weight is 281 g/mol. The van der Waals surface area contributed by atoms with Gasteiger partial charge < -0.3 is 10.6 Å². The third kappa shape index (κ3) is 4.44. The molecule has 0 bridgehead atoms. The predicted molar refractivity (Wildman–Crippen MR) is 63.8 cm³/mol. The summed E-state index contributed by atoms with van der Waals surface area (Å²) >= 11 is 5.57. The maximum absolute atomic E-state index is 12.5. The van der Waals surface area contributed by atoms with Gasteiger partial charge in [-0.15, -0.1) is 0 Å². The predicted octanol–water partition coefficient (Wildman–Crippen LogP) is 3.89. The van der Waals surface area contributed by atoms with Crippen LogP contribution in [-0.4, -0.2) is 12.6 Å². The van der Waals surface area contributed by atoms with Crippen molar-refractivity contribution in [1.82, 2.24) is 5.32 Å². The van der Waals surface area contributed by atoms with Crippen molar-refractivity contribution in [3.05, 3.63) is 28.8 Å². The van der Waals surface area contributed by atoms with Gasteiger partial charge in [-0.25, -0.2) is 4.79 Å². The first kappa shape index (κ1) is 14.6. The molecule has 0 aromatic heterocycles. The first-order valence-electron chi connectivity index (χ1n) is 5.25. The standard InChI is InChI=1S/C11H12ClF3N2O/c1-2-3-16-10(18)17-9-5-7(11(13,14)15)4-8(12)6-9/h4-6H,2-3H2,1H3,(H2,16,17,18). The number of carbonyl (C=O) groups excluding carboxylic acids is 1. The normalized spacial score (nSPS) is 11.2. The quantitative estimate of drug-likeness (QED) is 0.866. The summed E-state index contributed by atoms with van der Waals surface area (Å²) in [4.78, 5) is 11.3. The minimum atomic E-state index is -4.50. The molecule has 7 heteroatoms. The van der Waals surface area contributed by atoms with Crippen molar-refractivity contribution in [3.63, 3.8) is 0 Å². The summed E-state index contributed by atoms with van der Waals surface area (Å²) in [5, 5.41) is 4.69. The molecule has 100 valence electrons. The van der Waals surface area contributed by atoms with Crippen LogP contribution in [0.3, 0.4) is 0 Å². The zero-order valence-corrected chi connectivity index (χ0v) is 10.3. The molecule has 0 saturated carbocycles. The summed E-state index contributed by atoms with van der Waals surface area (Å²) in [6.45, 7) is 2.31. The van der Waals surface area contributed by atoms with E-state index in [1.54, 1.807) is 0 Å². The molecular formula is C11H12ClF3N2O. The highest BCUT2D eigenvalue weighted by Gasteiger charge is 2.31. The highest BCUT2D eigenvalue weighted by Crippen LogP contribution is 2.33. The Kier molecular flexibility index (Phi) is 4.84. The van der Waals surface area contributed by atoms with E-state index in [2.05, 4.69) is 10.6 Å². The summed E-state index contributed by atoms with van der Waals surface area (Å²) in [5.74, 6) is 0. The van der Waals surface area contributed by atoms with Crippen molar-refractivity contribution >= 4 is 23.3 Å². The molecule has 0 fully saturated rings. The molecular weight excluding hydrogens is 269 g/mol. The number of anilines is 1. The average Bonchev–Trinajstić information content (AvgIpc) is 2.24. The highest BCUT2D eigenvalue weighted by molar-refractivity contribution is 6.31. The highest BCUT2D eigenvalue weighted by atomic mass is 35.5. The fraction of sp³-hybridized carbons (Fsp3) is 0.364. The summed E-state index contributed by atoms with van der Waals surface area (Å²) in [6.07, 6.45) is -3.77. The second-order valence-electron chi connectivity index (χ2n) is 3.61. The minimum Gasteiger partial charge on any atom is -0.338 e. The zero-order valence-electron chi connectivity index (χ0n) is 9.57. The Bertz CT molecular complexity index is 435. The van der Waals surface area contributed by atoms with Gasteiger partial charge in [-0.2, -0.15) is 13.2 Å². The lowest BCUT2D eigenvalue weighted by molar-refractivity contribution is -0.137. The van der Waals surface area contributed by atoms with Crippen molar-refractivity contribution in [1.29, 1.82) is 0 Å². The van der Waals surface area contributed by atoms with Gasteiger partial charge in [-0.1, -0.05) is 18.5 Å². The van der Waals surface area contributed by atoms with E-state index in [1.807, 2.05) is 6.92 Å². The molecule has 2 amide bonds. The molecule has 0 spiro atoms. The smallest absolute Gasteiger partial charge is 0.338 e. The van der Waals surface area contributed by atoms with Crippen LogP contribution < -0.4 is 10.6 Å². The third-order valence-electron chi connectivity index (χ3n) is 2.02. The number of alkyl halides is 3. The van der Waals surface area contributed by atoms with Gasteiger partial charge in [0.05, 0.1) is 5.56 Å². The molecule has 0 aliphatic rings. The van der Waals surface area contributed by atoms with Crippen LogP contribution in [0.2, 0.25) is 5.02 Å². The van der Waals surface area contributed by atoms with Crippen LogP contribution in [0.4, 0.5) is 23.7 Å². The molecule has 0 unspecified atom stereocenters. The number of amides is 2. The van der Waals surface area contributed by atoms with E-state index in [-0.39, 0.29) is 10.7 Å². The van der Waals surface area contributed by atoms with Gasteiger partial charge >= 0.3 is 12.2 Å². The zero-order chi connectivity index (χ0) is 13.8. The number of hydrogen-bond donors (Lipinski definition) is 2. The van der Waals surface area contributed by atoms with E-state index in [0.717, 1.165) is 18.6 Å². The number of urea groups is 1. The van der Waals surface area contributed by atoms with Crippen molar-refractivity contribution in [3.8, 4) is 0 Å². The second-order valence-corrected chi connectivity index (χ2v) is 4.04. The van der Waals surface area contributed by atoms with E-state index in [0.29, 0.717) is 6.54 Å². The SMILES string of the molecule is CCCNC(=O)Nc1cc(Cl)cc(C(F)(F)F)c1. The molecule has 0 aliphatic heterocycles. The van der Waals surface area contributed by atoms with Crippen LogP contribution in [0, 0.1) is 0 Å². The van der Waals surface area contributed by atoms with E-state index < -0.39 is 17.8 Å². The van der Waals surface area contributed by atoms with Crippen molar-refractivity contribution in [2.75, 3.05) is 11.9 Å². The molecule has 2 N–H and O–H groups in total. The summed E-state index contributed by atoms with van der Waals surface area (Å²) in [6, 6.07) is 2.32. The Morgan fingerprint density at radius 2 is 2.00 bits per heavy atom. The number of nitrogens with one attached hydrogen (secondary N) is 2. The summed E-state index contributed by atoms with van der Waals surface area (Å²) in [5.41, 5.74) is -0.899. The van der Waals surface area contributed by atoms with Gasteiger partial charge in [-0.3, -0.25) is 0 Å². The van der Waals surface area contributed by atoms with Crippen LogP contribution in [0.25, 0.3) is 0 Å². The minimum absolute atomic E-state index is 0.00317. The third-order valence-corrected chi connectivity index (χ3v) is 2.24. The summed E-state index contributed by atoms with van der Waals surface area (Å²) in [7, 11) is 0. The molecule has 18 heavy (non-hydrogen) atoms. The van der Waals surface area contributed by atoms with Gasteiger partial charge in [0.25, 0.3) is 0 Å². The van der Waals surface area contributed by atoms with E-state index in [4.69, 9.17) is 11.6 Å². The lowest BCUT2D eigenvalue weighted by Crippen LogP contribution is -2.29. The van der Waals surface area contributed by atoms with E-state index in [1.165, 1.54) is 6.07 Å². The van der Waals surface area contributed by atoms with Gasteiger partial charge in [0.2, 0.25) is 0 Å². The second kappa shape index (κ2) is 5.95. The summed E-state index contributed by atoms with van der Waals surface area (Å²) < 4.78 is 37.5. The van der Waals surface area contributed by atoms with E-state index in [9.17, 15) is 18.0 Å². The fourth-order valence-corrected chi connectivity index (χ4v) is 1.47. The van der Waals surface area contributed by atoms with Gasteiger partial charge in [0.1, 0.15) is 0 Å². The molecule has 1 aromatic carbocycles. The van der Waals surface area contributed by atoms with Crippen molar-refractivity contribution in [2.45, 2.75) is 19.5 Å². The van der Waals surface area contributed by atoms with Crippen LogP contribution in [0.15, 0.2) is 18.2 Å². The number of rotatable bonds is 3. The Labute approximate surface area is 107 Å². The molecule has 0 heterocycles. The van der Waals surface area contributed by atoms with Gasteiger partial charge in [-0.05, 0) is 24.6 Å². The van der Waals surface area contributed by atoms with Crippen LogP contribution in [0.5, 0.6) is 0 Å². The molecule has 3 nitrogen and oxygen atoms in total. The number of benzene rings is 1. The maximum atomic E-state index is 12.5. The van der Waals surface area contributed by atoms with Crippen molar-refractivity contribution in [2.24, 2.45) is 0 Å². The molecule has 0 aliphatic carbocycles. The first-order chi connectivity index (χ1) is 8.32. The Morgan fingerprint density at radius 3 is 2.56 bits per heavy atom. The Morgan fingerprint density at radius 1 is 1.33 bits per heavy atom. The van der Waals surface area contributed by atoms with E-state index >= 15 is 0 Å². The number of carbonyl (C=O) groups is 1. The Hall–Kier alpha value is -1.43. The molecule has 1 rings (SSSR count). The maximum Gasteiger partial charge on any atom is 0.416 e. The topological polar surface area (TPSA) is 41.1 Å². The lowest BCUT2D eigenvalue weighted by Gasteiger charge is -2.11.